The number of sulfonamides is 1. The Morgan fingerprint density at radius 3 is 2.36 bits per heavy atom. The van der Waals surface area contributed by atoms with Gasteiger partial charge in [0.1, 0.15) is 0 Å². The van der Waals surface area contributed by atoms with Gasteiger partial charge in [-0.3, -0.25) is 0 Å². The van der Waals surface area contributed by atoms with Crippen molar-refractivity contribution >= 4 is 10.0 Å². The van der Waals surface area contributed by atoms with Crippen LogP contribution in [-0.2, 0) is 10.0 Å². The Morgan fingerprint density at radius 2 is 1.86 bits per heavy atom. The standard InChI is InChI=1S/C16H21F2NO2S/c1-15(2)10-6-7-16(15,3)14(8-10)19-22(20,21)11-4-5-12(17)13(18)9-11/h4-5,9-10,14,19H,6-8H2,1-3H3/t10-,14+,16-/m0/s1. The lowest BCUT2D eigenvalue weighted by atomic mass is 9.69. The molecule has 0 amide bonds. The molecule has 1 aromatic carbocycles. The molecule has 22 heavy (non-hydrogen) atoms. The molecule has 3 atom stereocenters. The van der Waals surface area contributed by atoms with Crippen LogP contribution in [0.15, 0.2) is 23.1 Å². The van der Waals surface area contributed by atoms with Crippen molar-refractivity contribution in [2.24, 2.45) is 16.7 Å². The predicted octanol–water partition coefficient (Wildman–Crippen LogP) is 3.46. The van der Waals surface area contributed by atoms with Gasteiger partial charge in [-0.1, -0.05) is 20.8 Å². The highest BCUT2D eigenvalue weighted by Crippen LogP contribution is 2.65. The Morgan fingerprint density at radius 1 is 1.18 bits per heavy atom. The van der Waals surface area contributed by atoms with Crippen LogP contribution in [0.3, 0.4) is 0 Å². The molecule has 0 aromatic heterocycles. The van der Waals surface area contributed by atoms with Gasteiger partial charge in [-0.2, -0.15) is 0 Å². The van der Waals surface area contributed by atoms with Crippen LogP contribution in [0.4, 0.5) is 8.78 Å². The SMILES string of the molecule is CC1(C)[C@H]2CC[C@@]1(C)[C@H](NS(=O)(=O)c1ccc(F)c(F)c1)C2. The van der Waals surface area contributed by atoms with E-state index in [4.69, 9.17) is 0 Å². The molecule has 2 bridgehead atoms. The van der Waals surface area contributed by atoms with Crippen LogP contribution in [0, 0.1) is 28.4 Å². The normalized spacial score (nSPS) is 33.3. The smallest absolute Gasteiger partial charge is 0.207 e. The van der Waals surface area contributed by atoms with E-state index >= 15 is 0 Å². The minimum Gasteiger partial charge on any atom is -0.207 e. The summed E-state index contributed by atoms with van der Waals surface area (Å²) in [5.41, 5.74) is -0.0302. The fourth-order valence-electron chi connectivity index (χ4n) is 4.28. The molecule has 0 saturated heterocycles. The van der Waals surface area contributed by atoms with Crippen LogP contribution in [-0.4, -0.2) is 14.5 Å². The molecule has 2 aliphatic rings. The lowest BCUT2D eigenvalue weighted by Gasteiger charge is -2.39. The van der Waals surface area contributed by atoms with Crippen molar-refractivity contribution in [1.82, 2.24) is 4.72 Å². The number of rotatable bonds is 3. The van der Waals surface area contributed by atoms with Crippen LogP contribution in [0.1, 0.15) is 40.0 Å². The fourth-order valence-corrected chi connectivity index (χ4v) is 5.65. The molecule has 0 spiro atoms. The molecule has 3 nitrogen and oxygen atoms in total. The van der Waals surface area contributed by atoms with E-state index in [1.165, 1.54) is 0 Å². The van der Waals surface area contributed by atoms with E-state index in [0.29, 0.717) is 5.92 Å². The summed E-state index contributed by atoms with van der Waals surface area (Å²) in [7, 11) is -3.85. The molecule has 3 rings (SSSR count). The molecule has 1 N–H and O–H groups in total. The van der Waals surface area contributed by atoms with E-state index in [1.54, 1.807) is 0 Å². The van der Waals surface area contributed by atoms with Crippen molar-refractivity contribution in [1.29, 1.82) is 0 Å². The van der Waals surface area contributed by atoms with Crippen LogP contribution < -0.4 is 4.72 Å². The molecule has 1 aromatic rings. The highest BCUT2D eigenvalue weighted by atomic mass is 32.2. The molecule has 6 heteroatoms. The highest BCUT2D eigenvalue weighted by Gasteiger charge is 2.61. The molecule has 0 aliphatic heterocycles. The van der Waals surface area contributed by atoms with E-state index in [2.05, 4.69) is 25.5 Å². The molecular formula is C16H21F2NO2S. The summed E-state index contributed by atoms with van der Waals surface area (Å²) in [6, 6.07) is 2.51. The van der Waals surface area contributed by atoms with Crippen LogP contribution in [0.2, 0.25) is 0 Å². The van der Waals surface area contributed by atoms with Gasteiger partial charge in [0, 0.05) is 6.04 Å². The summed E-state index contributed by atoms with van der Waals surface area (Å²) < 4.78 is 54.0. The van der Waals surface area contributed by atoms with Crippen molar-refractivity contribution in [3.05, 3.63) is 29.8 Å². The number of benzene rings is 1. The first kappa shape index (κ1) is 15.9. The van der Waals surface area contributed by atoms with Gasteiger partial charge in [0.25, 0.3) is 0 Å². The summed E-state index contributed by atoms with van der Waals surface area (Å²) in [5.74, 6) is -1.70. The molecular weight excluding hydrogens is 308 g/mol. The van der Waals surface area contributed by atoms with E-state index < -0.39 is 21.7 Å². The van der Waals surface area contributed by atoms with Gasteiger partial charge in [-0.05, 0) is 54.2 Å². The summed E-state index contributed by atoms with van der Waals surface area (Å²) in [6.45, 7) is 6.51. The Kier molecular flexibility index (Phi) is 3.42. The van der Waals surface area contributed by atoms with E-state index in [-0.39, 0.29) is 21.8 Å². The van der Waals surface area contributed by atoms with Gasteiger partial charge in [-0.25, -0.2) is 21.9 Å². The second kappa shape index (κ2) is 4.74. The maximum atomic E-state index is 13.3. The predicted molar refractivity (Wildman–Crippen MR) is 79.7 cm³/mol. The van der Waals surface area contributed by atoms with Crippen molar-refractivity contribution in [3.63, 3.8) is 0 Å². The summed E-state index contributed by atoms with van der Waals surface area (Å²) in [4.78, 5) is -0.226. The van der Waals surface area contributed by atoms with Gasteiger partial charge in [0.2, 0.25) is 10.0 Å². The molecule has 2 fully saturated rings. The Hall–Kier alpha value is -1.01. The third-order valence-corrected chi connectivity index (χ3v) is 7.76. The van der Waals surface area contributed by atoms with Crippen LogP contribution in [0.5, 0.6) is 0 Å². The molecule has 122 valence electrons. The van der Waals surface area contributed by atoms with Gasteiger partial charge in [-0.15, -0.1) is 0 Å². The largest absolute Gasteiger partial charge is 0.240 e. The highest BCUT2D eigenvalue weighted by molar-refractivity contribution is 7.89. The fraction of sp³-hybridized carbons (Fsp3) is 0.625. The number of fused-ring (bicyclic) bond motifs is 2. The maximum Gasteiger partial charge on any atom is 0.240 e. The van der Waals surface area contributed by atoms with E-state index in [1.807, 2.05) is 0 Å². The zero-order valence-electron chi connectivity index (χ0n) is 13.0. The van der Waals surface area contributed by atoms with Crippen LogP contribution in [0.25, 0.3) is 0 Å². The maximum absolute atomic E-state index is 13.3. The molecule has 2 saturated carbocycles. The van der Waals surface area contributed by atoms with Crippen LogP contribution >= 0.6 is 0 Å². The minimum absolute atomic E-state index is 0.0776. The number of halogens is 2. The first-order valence-electron chi connectivity index (χ1n) is 7.55. The summed E-state index contributed by atoms with van der Waals surface area (Å²) in [6.07, 6.45) is 2.90. The van der Waals surface area contributed by atoms with Crippen molar-refractivity contribution in [3.8, 4) is 0 Å². The van der Waals surface area contributed by atoms with E-state index in [0.717, 1.165) is 37.5 Å². The quantitative estimate of drug-likeness (QED) is 0.923. The monoisotopic (exact) mass is 329 g/mol. The average Bonchev–Trinajstić information content (AvgIpc) is 2.74. The average molecular weight is 329 g/mol. The van der Waals surface area contributed by atoms with Gasteiger partial charge >= 0.3 is 0 Å². The van der Waals surface area contributed by atoms with Crippen molar-refractivity contribution in [2.75, 3.05) is 0 Å². The molecule has 0 heterocycles. The van der Waals surface area contributed by atoms with Gasteiger partial charge in [0.05, 0.1) is 4.90 Å². The molecule has 0 unspecified atom stereocenters. The third kappa shape index (κ3) is 2.11. The second-order valence-corrected chi connectivity index (χ2v) is 9.07. The van der Waals surface area contributed by atoms with Gasteiger partial charge < -0.3 is 0 Å². The Labute approximate surface area is 130 Å². The molecule has 0 radical (unpaired) electrons. The minimum atomic E-state index is -3.85. The lowest BCUT2D eigenvalue weighted by Crippen LogP contribution is -2.46. The first-order valence-corrected chi connectivity index (χ1v) is 9.04. The van der Waals surface area contributed by atoms with E-state index in [9.17, 15) is 17.2 Å². The summed E-state index contributed by atoms with van der Waals surface area (Å²) >= 11 is 0. The topological polar surface area (TPSA) is 46.2 Å². The number of nitrogens with one attached hydrogen (secondary N) is 1. The Balaban J connectivity index is 1.88. The zero-order valence-corrected chi connectivity index (χ0v) is 13.8. The molecule has 2 aliphatic carbocycles. The first-order chi connectivity index (χ1) is 10.1. The van der Waals surface area contributed by atoms with Gasteiger partial charge in [0.15, 0.2) is 11.6 Å². The van der Waals surface area contributed by atoms with Crippen molar-refractivity contribution in [2.45, 2.75) is 51.0 Å². The zero-order chi connectivity index (χ0) is 16.3. The Bertz CT molecular complexity index is 717. The number of hydrogen-bond acceptors (Lipinski definition) is 2. The van der Waals surface area contributed by atoms with Crippen molar-refractivity contribution < 1.29 is 17.2 Å². The third-order valence-electron chi connectivity index (χ3n) is 6.29. The summed E-state index contributed by atoms with van der Waals surface area (Å²) in [5, 5.41) is 0. The number of hydrogen-bond donors (Lipinski definition) is 1. The second-order valence-electron chi connectivity index (χ2n) is 7.36. The lowest BCUT2D eigenvalue weighted by molar-refractivity contribution is 0.130.